The van der Waals surface area contributed by atoms with Gasteiger partial charge in [0.15, 0.2) is 5.69 Å². The molecular formula is C21H24N4O3. The maximum Gasteiger partial charge on any atom is 0.248 e. The normalized spacial score (nSPS) is 13.6. The van der Waals surface area contributed by atoms with Crippen molar-refractivity contribution < 1.29 is 13.9 Å². The molecule has 2 aromatic heterocycles. The molecule has 0 atom stereocenters. The average molecular weight is 380 g/mol. The number of benzene rings is 1. The lowest BCUT2D eigenvalue weighted by molar-refractivity contribution is -0.136. The van der Waals surface area contributed by atoms with E-state index in [4.69, 9.17) is 14.3 Å². The van der Waals surface area contributed by atoms with Gasteiger partial charge < -0.3 is 14.1 Å². The van der Waals surface area contributed by atoms with Crippen molar-refractivity contribution in [2.24, 2.45) is 0 Å². The third kappa shape index (κ3) is 3.71. The fourth-order valence-electron chi connectivity index (χ4n) is 3.51. The average Bonchev–Trinajstić information content (AvgIpc) is 3.30. The van der Waals surface area contributed by atoms with Crippen LogP contribution in [0.5, 0.6) is 0 Å². The Balaban J connectivity index is 1.68. The summed E-state index contributed by atoms with van der Waals surface area (Å²) in [5.41, 5.74) is 4.04. The Morgan fingerprint density at radius 1 is 1.29 bits per heavy atom. The highest BCUT2D eigenvalue weighted by Crippen LogP contribution is 2.30. The first-order chi connectivity index (χ1) is 13.7. The number of oxazole rings is 1. The molecule has 3 aromatic rings. The van der Waals surface area contributed by atoms with Crippen molar-refractivity contribution in [1.29, 1.82) is 0 Å². The number of nitrogens with zero attached hydrogens (tertiary/aromatic N) is 4. The molecule has 1 aliphatic heterocycles. The fraction of sp³-hybridized carbons (Fsp3) is 0.381. The second kappa shape index (κ2) is 7.98. The van der Waals surface area contributed by atoms with Crippen molar-refractivity contribution in [1.82, 2.24) is 19.7 Å². The third-order valence-corrected chi connectivity index (χ3v) is 4.92. The first kappa shape index (κ1) is 18.4. The van der Waals surface area contributed by atoms with Crippen LogP contribution in [0.1, 0.15) is 29.5 Å². The summed E-state index contributed by atoms with van der Waals surface area (Å²) in [7, 11) is 0. The van der Waals surface area contributed by atoms with Crippen molar-refractivity contribution >= 4 is 5.91 Å². The van der Waals surface area contributed by atoms with E-state index in [2.05, 4.69) is 17.1 Å². The monoisotopic (exact) mass is 380 g/mol. The largest absolute Gasteiger partial charge is 0.440 e. The van der Waals surface area contributed by atoms with Crippen LogP contribution in [0.4, 0.5) is 0 Å². The molecule has 0 saturated heterocycles. The fourth-order valence-corrected chi connectivity index (χ4v) is 3.51. The summed E-state index contributed by atoms with van der Waals surface area (Å²) in [6.07, 6.45) is 2.44. The SMILES string of the molecule is CCOCC(=O)N1CCc2c(c(-c3ncc(C)o3)nn2Cc2ccccc2)C1. The smallest absolute Gasteiger partial charge is 0.248 e. The minimum Gasteiger partial charge on any atom is -0.440 e. The standard InChI is InChI=1S/C21H24N4O3/c1-3-27-14-19(26)24-10-9-18-17(13-24)20(21-22-11-15(2)28-21)23-25(18)12-16-7-5-4-6-8-16/h4-8,11H,3,9-10,12-14H2,1-2H3. The molecule has 7 nitrogen and oxygen atoms in total. The summed E-state index contributed by atoms with van der Waals surface area (Å²) in [6, 6.07) is 10.2. The maximum atomic E-state index is 12.5. The van der Waals surface area contributed by atoms with Crippen LogP contribution in [0.15, 0.2) is 40.9 Å². The molecule has 1 aromatic carbocycles. The number of ether oxygens (including phenoxy) is 1. The lowest BCUT2D eigenvalue weighted by atomic mass is 10.0. The lowest BCUT2D eigenvalue weighted by Crippen LogP contribution is -2.38. The Bertz CT molecular complexity index is 961. The highest BCUT2D eigenvalue weighted by molar-refractivity contribution is 5.78. The number of fused-ring (bicyclic) bond motifs is 1. The van der Waals surface area contributed by atoms with Gasteiger partial charge in [-0.15, -0.1) is 0 Å². The maximum absolute atomic E-state index is 12.5. The first-order valence-corrected chi connectivity index (χ1v) is 9.56. The van der Waals surface area contributed by atoms with Crippen molar-refractivity contribution in [3.63, 3.8) is 0 Å². The highest BCUT2D eigenvalue weighted by Gasteiger charge is 2.29. The molecular weight excluding hydrogens is 356 g/mol. The summed E-state index contributed by atoms with van der Waals surface area (Å²) in [6.45, 7) is 6.21. The predicted molar refractivity (Wildman–Crippen MR) is 104 cm³/mol. The summed E-state index contributed by atoms with van der Waals surface area (Å²) >= 11 is 0. The summed E-state index contributed by atoms with van der Waals surface area (Å²) in [5.74, 6) is 1.24. The van der Waals surface area contributed by atoms with Gasteiger partial charge in [0, 0.05) is 37.4 Å². The van der Waals surface area contributed by atoms with E-state index < -0.39 is 0 Å². The Kier molecular flexibility index (Phi) is 5.25. The van der Waals surface area contributed by atoms with Crippen LogP contribution in [-0.4, -0.2) is 45.3 Å². The zero-order valence-corrected chi connectivity index (χ0v) is 16.2. The van der Waals surface area contributed by atoms with Gasteiger partial charge in [0.05, 0.1) is 12.7 Å². The zero-order valence-electron chi connectivity index (χ0n) is 16.2. The number of hydrogen-bond acceptors (Lipinski definition) is 5. The number of carbonyl (C=O) groups is 1. The predicted octanol–water partition coefficient (Wildman–Crippen LogP) is 2.82. The van der Waals surface area contributed by atoms with Gasteiger partial charge in [-0.2, -0.15) is 5.10 Å². The van der Waals surface area contributed by atoms with E-state index >= 15 is 0 Å². The zero-order chi connectivity index (χ0) is 19.5. The third-order valence-electron chi connectivity index (χ3n) is 4.92. The minimum absolute atomic E-state index is 0.00200. The minimum atomic E-state index is -0.00200. The Morgan fingerprint density at radius 3 is 2.82 bits per heavy atom. The number of rotatable bonds is 6. The Labute approximate surface area is 163 Å². The molecule has 3 heterocycles. The molecule has 7 heteroatoms. The molecule has 1 aliphatic rings. The van der Waals surface area contributed by atoms with E-state index in [1.165, 1.54) is 5.56 Å². The van der Waals surface area contributed by atoms with Crippen molar-refractivity contribution in [3.8, 4) is 11.6 Å². The summed E-state index contributed by atoms with van der Waals surface area (Å²) < 4.78 is 13.1. The molecule has 0 radical (unpaired) electrons. The molecule has 0 bridgehead atoms. The van der Waals surface area contributed by atoms with Crippen LogP contribution in [0, 0.1) is 6.92 Å². The second-order valence-electron chi connectivity index (χ2n) is 6.90. The molecule has 0 fully saturated rings. The summed E-state index contributed by atoms with van der Waals surface area (Å²) in [4.78, 5) is 18.6. The molecule has 146 valence electrons. The molecule has 0 spiro atoms. The van der Waals surface area contributed by atoms with E-state index in [1.807, 2.05) is 41.6 Å². The van der Waals surface area contributed by atoms with Gasteiger partial charge in [0.2, 0.25) is 11.8 Å². The van der Waals surface area contributed by atoms with Crippen LogP contribution >= 0.6 is 0 Å². The Hall–Kier alpha value is -2.93. The number of amides is 1. The molecule has 0 aliphatic carbocycles. The molecule has 1 amide bonds. The van der Waals surface area contributed by atoms with E-state index in [-0.39, 0.29) is 12.5 Å². The van der Waals surface area contributed by atoms with Crippen LogP contribution in [-0.2, 0) is 29.0 Å². The van der Waals surface area contributed by atoms with Crippen LogP contribution in [0.2, 0.25) is 0 Å². The molecule has 28 heavy (non-hydrogen) atoms. The van der Waals surface area contributed by atoms with Gasteiger partial charge in [0.1, 0.15) is 12.4 Å². The Morgan fingerprint density at radius 2 is 2.11 bits per heavy atom. The quantitative estimate of drug-likeness (QED) is 0.657. The van der Waals surface area contributed by atoms with Gasteiger partial charge in [-0.05, 0) is 19.4 Å². The second-order valence-corrected chi connectivity index (χ2v) is 6.90. The van der Waals surface area contributed by atoms with E-state index in [0.717, 1.165) is 23.4 Å². The van der Waals surface area contributed by atoms with E-state index in [9.17, 15) is 4.79 Å². The number of aromatic nitrogens is 3. The number of hydrogen-bond donors (Lipinski definition) is 0. The van der Waals surface area contributed by atoms with Gasteiger partial charge in [-0.3, -0.25) is 9.48 Å². The lowest BCUT2D eigenvalue weighted by Gasteiger charge is -2.27. The molecule has 0 N–H and O–H groups in total. The molecule has 0 saturated carbocycles. The molecule has 0 unspecified atom stereocenters. The summed E-state index contributed by atoms with van der Waals surface area (Å²) in [5, 5.41) is 4.82. The topological polar surface area (TPSA) is 73.4 Å². The number of carbonyl (C=O) groups excluding carboxylic acids is 1. The van der Waals surface area contributed by atoms with Gasteiger partial charge in [-0.1, -0.05) is 30.3 Å². The van der Waals surface area contributed by atoms with Crippen molar-refractivity contribution in [2.45, 2.75) is 33.4 Å². The highest BCUT2D eigenvalue weighted by atomic mass is 16.5. The van der Waals surface area contributed by atoms with Crippen LogP contribution in [0.3, 0.4) is 0 Å². The van der Waals surface area contributed by atoms with Gasteiger partial charge in [-0.25, -0.2) is 4.98 Å². The van der Waals surface area contributed by atoms with Crippen molar-refractivity contribution in [3.05, 3.63) is 59.1 Å². The van der Waals surface area contributed by atoms with E-state index in [0.29, 0.717) is 37.8 Å². The molecule has 4 rings (SSSR count). The van der Waals surface area contributed by atoms with Gasteiger partial charge in [0.25, 0.3) is 0 Å². The van der Waals surface area contributed by atoms with Crippen LogP contribution in [0.25, 0.3) is 11.6 Å². The van der Waals surface area contributed by atoms with Gasteiger partial charge >= 0.3 is 0 Å². The number of aryl methyl sites for hydroxylation is 1. The van der Waals surface area contributed by atoms with Crippen LogP contribution < -0.4 is 0 Å². The van der Waals surface area contributed by atoms with E-state index in [1.54, 1.807) is 6.20 Å². The van der Waals surface area contributed by atoms with Crippen molar-refractivity contribution in [2.75, 3.05) is 19.8 Å². The first-order valence-electron chi connectivity index (χ1n) is 9.56.